The molecule has 1 amide bonds. The standard InChI is InChI=1S/C27H30F4N2O6/c1-14(2)33(25(36)17-7-5-15(3)6-8-17)21-12-20(28)22(11-18(21)26(37)38-4)39-24-19(27(29,30)31)9-16(13-32-24)10-23(34)35/h9,11-15,17H,5-8,10H2,1-4H3,(H,34,35)/t15-,17-. The maximum Gasteiger partial charge on any atom is 0.421 e. The predicted molar refractivity (Wildman–Crippen MR) is 132 cm³/mol. The second kappa shape index (κ2) is 12.0. The van der Waals surface area contributed by atoms with Crippen molar-refractivity contribution in [3.05, 3.63) is 46.9 Å². The van der Waals surface area contributed by atoms with Crippen LogP contribution >= 0.6 is 0 Å². The number of aliphatic carboxylic acids is 1. The van der Waals surface area contributed by atoms with Crippen LogP contribution in [0.15, 0.2) is 24.4 Å². The third-order valence-electron chi connectivity index (χ3n) is 6.61. The first kappa shape index (κ1) is 29.9. The minimum atomic E-state index is -5.00. The van der Waals surface area contributed by atoms with E-state index in [1.807, 2.05) is 0 Å². The number of carbonyl (C=O) groups excluding carboxylic acids is 2. The number of amides is 1. The van der Waals surface area contributed by atoms with E-state index in [-0.39, 0.29) is 28.6 Å². The van der Waals surface area contributed by atoms with Crippen LogP contribution in [0.5, 0.6) is 11.6 Å². The molecular weight excluding hydrogens is 524 g/mol. The Balaban J connectivity index is 2.07. The van der Waals surface area contributed by atoms with Crippen molar-refractivity contribution in [3.63, 3.8) is 0 Å². The number of carboxylic acids is 1. The third-order valence-corrected chi connectivity index (χ3v) is 6.61. The number of aromatic nitrogens is 1. The lowest BCUT2D eigenvalue weighted by molar-refractivity contribution is -0.139. The number of nitrogens with zero attached hydrogens (tertiary/aromatic N) is 2. The van der Waals surface area contributed by atoms with E-state index >= 15 is 4.39 Å². The molecule has 1 aromatic carbocycles. The Bertz CT molecular complexity index is 1240. The van der Waals surface area contributed by atoms with Crippen molar-refractivity contribution in [1.82, 2.24) is 4.98 Å². The first-order valence-corrected chi connectivity index (χ1v) is 12.4. The van der Waals surface area contributed by atoms with Crippen LogP contribution < -0.4 is 9.64 Å². The van der Waals surface area contributed by atoms with Crippen LogP contribution in [0.25, 0.3) is 0 Å². The number of carbonyl (C=O) groups is 3. The van der Waals surface area contributed by atoms with Crippen molar-refractivity contribution in [2.75, 3.05) is 12.0 Å². The minimum Gasteiger partial charge on any atom is -0.481 e. The van der Waals surface area contributed by atoms with Gasteiger partial charge in [0.1, 0.15) is 5.56 Å². The van der Waals surface area contributed by atoms with Crippen molar-refractivity contribution in [3.8, 4) is 11.6 Å². The molecule has 0 atom stereocenters. The molecular formula is C27H30F4N2O6. The van der Waals surface area contributed by atoms with Crippen LogP contribution in [0.4, 0.5) is 23.2 Å². The van der Waals surface area contributed by atoms with Crippen molar-refractivity contribution in [2.45, 2.75) is 65.1 Å². The summed E-state index contributed by atoms with van der Waals surface area (Å²) in [7, 11) is 1.07. The molecule has 1 N–H and O–H groups in total. The van der Waals surface area contributed by atoms with Gasteiger partial charge in [-0.15, -0.1) is 0 Å². The molecule has 2 aromatic rings. The Labute approximate surface area is 222 Å². The molecule has 8 nitrogen and oxygen atoms in total. The first-order chi connectivity index (χ1) is 18.2. The van der Waals surface area contributed by atoms with Crippen molar-refractivity contribution < 1.29 is 46.5 Å². The molecule has 0 bridgehead atoms. The van der Waals surface area contributed by atoms with Gasteiger partial charge in [0, 0.05) is 30.3 Å². The quantitative estimate of drug-likeness (QED) is 0.315. The second-order valence-corrected chi connectivity index (χ2v) is 9.92. The van der Waals surface area contributed by atoms with E-state index in [0.29, 0.717) is 24.8 Å². The number of benzene rings is 1. The molecule has 1 heterocycles. The van der Waals surface area contributed by atoms with Crippen molar-refractivity contribution >= 4 is 23.5 Å². The van der Waals surface area contributed by atoms with Gasteiger partial charge in [-0.3, -0.25) is 9.59 Å². The van der Waals surface area contributed by atoms with Gasteiger partial charge >= 0.3 is 18.1 Å². The average molecular weight is 555 g/mol. The number of rotatable bonds is 8. The number of anilines is 1. The molecule has 0 radical (unpaired) electrons. The lowest BCUT2D eigenvalue weighted by Crippen LogP contribution is -2.43. The number of esters is 1. The molecule has 0 unspecified atom stereocenters. The fourth-order valence-electron chi connectivity index (χ4n) is 4.60. The molecule has 1 fully saturated rings. The number of ether oxygens (including phenoxy) is 2. The van der Waals surface area contributed by atoms with Crippen LogP contribution in [0.2, 0.25) is 0 Å². The van der Waals surface area contributed by atoms with E-state index in [1.165, 1.54) is 4.90 Å². The number of hydrogen-bond acceptors (Lipinski definition) is 6. The zero-order valence-electron chi connectivity index (χ0n) is 22.0. The zero-order valence-corrected chi connectivity index (χ0v) is 22.0. The van der Waals surface area contributed by atoms with Gasteiger partial charge in [0.05, 0.1) is 24.8 Å². The Kier molecular flexibility index (Phi) is 9.18. The highest BCUT2D eigenvalue weighted by molar-refractivity contribution is 6.04. The molecule has 39 heavy (non-hydrogen) atoms. The number of halogens is 4. The van der Waals surface area contributed by atoms with Gasteiger partial charge in [0.15, 0.2) is 11.6 Å². The van der Waals surface area contributed by atoms with E-state index in [1.54, 1.807) is 13.8 Å². The van der Waals surface area contributed by atoms with E-state index in [2.05, 4.69) is 11.9 Å². The van der Waals surface area contributed by atoms with Gasteiger partial charge in [-0.05, 0) is 57.1 Å². The lowest BCUT2D eigenvalue weighted by atomic mass is 9.82. The van der Waals surface area contributed by atoms with Crippen molar-refractivity contribution in [1.29, 1.82) is 0 Å². The summed E-state index contributed by atoms with van der Waals surface area (Å²) in [5.74, 6) is -5.38. The number of pyridine rings is 1. The van der Waals surface area contributed by atoms with Gasteiger partial charge in [0.25, 0.3) is 0 Å². The highest BCUT2D eigenvalue weighted by Gasteiger charge is 2.37. The smallest absolute Gasteiger partial charge is 0.421 e. The highest BCUT2D eigenvalue weighted by Crippen LogP contribution is 2.40. The predicted octanol–water partition coefficient (Wildman–Crippen LogP) is 6.01. The Hall–Kier alpha value is -3.70. The molecule has 12 heteroatoms. The molecule has 212 valence electrons. The number of hydrogen-bond donors (Lipinski definition) is 1. The van der Waals surface area contributed by atoms with Crippen LogP contribution in [0.1, 0.15) is 67.9 Å². The molecule has 3 rings (SSSR count). The van der Waals surface area contributed by atoms with Gasteiger partial charge in [0.2, 0.25) is 11.8 Å². The summed E-state index contributed by atoms with van der Waals surface area (Å²) in [6, 6.07) is 1.80. The number of alkyl halides is 3. The molecule has 1 saturated carbocycles. The molecule has 0 saturated heterocycles. The van der Waals surface area contributed by atoms with E-state index in [4.69, 9.17) is 14.6 Å². The first-order valence-electron chi connectivity index (χ1n) is 12.4. The summed E-state index contributed by atoms with van der Waals surface area (Å²) in [4.78, 5) is 42.0. The average Bonchev–Trinajstić information content (AvgIpc) is 2.85. The number of methoxy groups -OCH3 is 1. The Morgan fingerprint density at radius 1 is 1.13 bits per heavy atom. The Morgan fingerprint density at radius 3 is 2.31 bits per heavy atom. The largest absolute Gasteiger partial charge is 0.481 e. The minimum absolute atomic E-state index is 0.0915. The van der Waals surface area contributed by atoms with Gasteiger partial charge in [-0.1, -0.05) is 6.92 Å². The summed E-state index contributed by atoms with van der Waals surface area (Å²) in [6.07, 6.45) is -1.85. The third kappa shape index (κ3) is 7.04. The summed E-state index contributed by atoms with van der Waals surface area (Å²) < 4.78 is 66.4. The summed E-state index contributed by atoms with van der Waals surface area (Å²) in [6.45, 7) is 5.50. The van der Waals surface area contributed by atoms with Crippen LogP contribution in [-0.2, 0) is 26.9 Å². The monoisotopic (exact) mass is 554 g/mol. The highest BCUT2D eigenvalue weighted by atomic mass is 19.4. The normalized spacial score (nSPS) is 17.6. The van der Waals surface area contributed by atoms with E-state index in [9.17, 15) is 27.6 Å². The molecule has 0 spiro atoms. The van der Waals surface area contributed by atoms with E-state index in [0.717, 1.165) is 38.3 Å². The fraction of sp³-hybridized carbons (Fsp3) is 0.481. The van der Waals surface area contributed by atoms with Crippen LogP contribution in [-0.4, -0.2) is 41.1 Å². The molecule has 1 aliphatic rings. The summed E-state index contributed by atoms with van der Waals surface area (Å²) >= 11 is 0. The Morgan fingerprint density at radius 2 is 1.77 bits per heavy atom. The molecule has 1 aromatic heterocycles. The number of carboxylic acid groups (broad SMARTS) is 1. The molecule has 0 aliphatic heterocycles. The molecule has 1 aliphatic carbocycles. The van der Waals surface area contributed by atoms with Crippen LogP contribution in [0, 0.1) is 17.7 Å². The summed E-state index contributed by atoms with van der Waals surface area (Å²) in [5.41, 5.74) is -2.03. The maximum atomic E-state index is 15.3. The maximum absolute atomic E-state index is 15.3. The van der Waals surface area contributed by atoms with Gasteiger partial charge < -0.3 is 19.5 Å². The van der Waals surface area contributed by atoms with Gasteiger partial charge in [-0.2, -0.15) is 13.2 Å². The van der Waals surface area contributed by atoms with Crippen LogP contribution in [0.3, 0.4) is 0 Å². The SMILES string of the molecule is COC(=O)c1cc(Oc2ncc(CC(=O)O)cc2C(F)(F)F)c(F)cc1N(C(=O)[C@H]1CC[C@H](C)CC1)C(C)C. The summed E-state index contributed by atoms with van der Waals surface area (Å²) in [5, 5.41) is 8.89. The van der Waals surface area contributed by atoms with Gasteiger partial charge in [-0.25, -0.2) is 14.2 Å². The topological polar surface area (TPSA) is 106 Å². The van der Waals surface area contributed by atoms with Crippen molar-refractivity contribution in [2.24, 2.45) is 11.8 Å². The fourth-order valence-corrected chi connectivity index (χ4v) is 4.60. The zero-order chi connectivity index (χ0) is 29.1. The second-order valence-electron chi connectivity index (χ2n) is 9.92. The lowest BCUT2D eigenvalue weighted by Gasteiger charge is -2.34. The van der Waals surface area contributed by atoms with E-state index < -0.39 is 53.6 Å².